The third-order valence-electron chi connectivity index (χ3n) is 4.49. The van der Waals surface area contributed by atoms with E-state index >= 15 is 0 Å². The predicted octanol–water partition coefficient (Wildman–Crippen LogP) is 1.79. The highest BCUT2D eigenvalue weighted by molar-refractivity contribution is 5.79. The number of aromatic nitrogens is 1. The molecular weight excluding hydrogens is 264 g/mol. The second-order valence-corrected chi connectivity index (χ2v) is 5.81. The van der Waals surface area contributed by atoms with Crippen LogP contribution in [0, 0.1) is 17.2 Å². The minimum absolute atomic E-state index is 0.261. The van der Waals surface area contributed by atoms with Crippen LogP contribution < -0.4 is 4.90 Å². The van der Waals surface area contributed by atoms with Crippen LogP contribution in [0.2, 0.25) is 0 Å². The molecule has 1 aliphatic carbocycles. The SMILES string of the molecule is N#Cc1ccnc(N2CCN(C(=O)C3CCCC3)CC2)c1. The fourth-order valence-electron chi connectivity index (χ4n) is 3.25. The van der Waals surface area contributed by atoms with Crippen molar-refractivity contribution in [1.29, 1.82) is 5.26 Å². The van der Waals surface area contributed by atoms with Gasteiger partial charge >= 0.3 is 0 Å². The lowest BCUT2D eigenvalue weighted by Gasteiger charge is -2.36. The molecule has 110 valence electrons. The Morgan fingerprint density at radius 2 is 1.95 bits per heavy atom. The molecule has 0 atom stereocenters. The second-order valence-electron chi connectivity index (χ2n) is 5.81. The van der Waals surface area contributed by atoms with Gasteiger partial charge < -0.3 is 9.80 Å². The fraction of sp³-hybridized carbons (Fsp3) is 0.562. The van der Waals surface area contributed by atoms with Gasteiger partial charge in [-0.05, 0) is 25.0 Å². The van der Waals surface area contributed by atoms with Crippen LogP contribution in [0.25, 0.3) is 0 Å². The van der Waals surface area contributed by atoms with Crippen molar-refractivity contribution in [3.63, 3.8) is 0 Å². The van der Waals surface area contributed by atoms with Crippen molar-refractivity contribution in [3.05, 3.63) is 23.9 Å². The molecule has 1 saturated heterocycles. The molecule has 0 unspecified atom stereocenters. The molecule has 2 aliphatic rings. The second kappa shape index (κ2) is 6.13. The monoisotopic (exact) mass is 284 g/mol. The smallest absolute Gasteiger partial charge is 0.225 e. The number of hydrogen-bond acceptors (Lipinski definition) is 4. The molecular formula is C16H20N4O. The Kier molecular flexibility index (Phi) is 4.05. The molecule has 0 aromatic carbocycles. The molecule has 2 heterocycles. The summed E-state index contributed by atoms with van der Waals surface area (Å²) < 4.78 is 0. The Balaban J connectivity index is 1.59. The lowest BCUT2D eigenvalue weighted by Crippen LogP contribution is -2.50. The number of carbonyl (C=O) groups is 1. The van der Waals surface area contributed by atoms with Gasteiger partial charge in [0, 0.05) is 38.3 Å². The summed E-state index contributed by atoms with van der Waals surface area (Å²) >= 11 is 0. The van der Waals surface area contributed by atoms with Gasteiger partial charge in [-0.1, -0.05) is 12.8 Å². The average Bonchev–Trinajstić information content (AvgIpc) is 3.09. The number of nitriles is 1. The van der Waals surface area contributed by atoms with Crippen molar-refractivity contribution in [2.75, 3.05) is 31.1 Å². The van der Waals surface area contributed by atoms with E-state index < -0.39 is 0 Å². The van der Waals surface area contributed by atoms with Crippen LogP contribution in [0.4, 0.5) is 5.82 Å². The van der Waals surface area contributed by atoms with Crippen LogP contribution in [0.15, 0.2) is 18.3 Å². The first-order valence-electron chi connectivity index (χ1n) is 7.68. The molecule has 21 heavy (non-hydrogen) atoms. The number of carbonyl (C=O) groups excluding carboxylic acids is 1. The molecule has 1 aromatic heterocycles. The van der Waals surface area contributed by atoms with Crippen molar-refractivity contribution in [1.82, 2.24) is 9.88 Å². The zero-order valence-electron chi connectivity index (χ0n) is 12.2. The molecule has 0 bridgehead atoms. The molecule has 0 spiro atoms. The lowest BCUT2D eigenvalue weighted by atomic mass is 10.1. The van der Waals surface area contributed by atoms with Gasteiger partial charge in [0.1, 0.15) is 5.82 Å². The van der Waals surface area contributed by atoms with E-state index in [-0.39, 0.29) is 5.92 Å². The highest BCUT2D eigenvalue weighted by Crippen LogP contribution is 2.27. The minimum atomic E-state index is 0.261. The summed E-state index contributed by atoms with van der Waals surface area (Å²) in [7, 11) is 0. The van der Waals surface area contributed by atoms with E-state index in [4.69, 9.17) is 5.26 Å². The van der Waals surface area contributed by atoms with E-state index in [1.54, 1.807) is 12.3 Å². The molecule has 3 rings (SSSR count). The van der Waals surface area contributed by atoms with Crippen molar-refractivity contribution in [3.8, 4) is 6.07 Å². The Bertz CT molecular complexity index is 552. The lowest BCUT2D eigenvalue weighted by molar-refractivity contribution is -0.135. The third kappa shape index (κ3) is 2.99. The zero-order chi connectivity index (χ0) is 14.7. The van der Waals surface area contributed by atoms with E-state index in [0.29, 0.717) is 11.5 Å². The standard InChI is InChI=1S/C16H20N4O/c17-12-13-5-6-18-15(11-13)19-7-9-20(10-8-19)16(21)14-3-1-2-4-14/h5-6,11,14H,1-4,7-10H2. The molecule has 0 N–H and O–H groups in total. The van der Waals surface area contributed by atoms with Crippen molar-refractivity contribution < 1.29 is 4.79 Å². The van der Waals surface area contributed by atoms with Crippen LogP contribution >= 0.6 is 0 Å². The number of anilines is 1. The number of rotatable bonds is 2. The third-order valence-corrected chi connectivity index (χ3v) is 4.49. The molecule has 1 aliphatic heterocycles. The first-order valence-corrected chi connectivity index (χ1v) is 7.68. The maximum Gasteiger partial charge on any atom is 0.225 e. The van der Waals surface area contributed by atoms with E-state index in [2.05, 4.69) is 16.0 Å². The fourth-order valence-corrected chi connectivity index (χ4v) is 3.25. The number of piperazine rings is 1. The topological polar surface area (TPSA) is 60.2 Å². The summed E-state index contributed by atoms with van der Waals surface area (Å²) in [6.07, 6.45) is 6.18. The van der Waals surface area contributed by atoms with Crippen LogP contribution in [-0.2, 0) is 4.79 Å². The van der Waals surface area contributed by atoms with Gasteiger partial charge in [0.2, 0.25) is 5.91 Å². The highest BCUT2D eigenvalue weighted by Gasteiger charge is 2.29. The molecule has 5 nitrogen and oxygen atoms in total. The van der Waals surface area contributed by atoms with Crippen LogP contribution in [0.1, 0.15) is 31.2 Å². The number of amides is 1. The van der Waals surface area contributed by atoms with E-state index in [0.717, 1.165) is 44.8 Å². The Hall–Kier alpha value is -2.09. The maximum atomic E-state index is 12.4. The first kappa shape index (κ1) is 13.9. The molecule has 2 fully saturated rings. The van der Waals surface area contributed by atoms with Gasteiger partial charge in [-0.2, -0.15) is 5.26 Å². The molecule has 5 heteroatoms. The number of nitrogens with zero attached hydrogens (tertiary/aromatic N) is 4. The van der Waals surface area contributed by atoms with Gasteiger partial charge in [0.15, 0.2) is 0 Å². The Labute approximate surface area is 125 Å². The normalized spacial score (nSPS) is 19.6. The van der Waals surface area contributed by atoms with Gasteiger partial charge in [-0.25, -0.2) is 4.98 Å². The van der Waals surface area contributed by atoms with Crippen molar-refractivity contribution in [2.24, 2.45) is 5.92 Å². The molecule has 1 saturated carbocycles. The Morgan fingerprint density at radius 3 is 2.62 bits per heavy atom. The quantitative estimate of drug-likeness (QED) is 0.830. The average molecular weight is 284 g/mol. The van der Waals surface area contributed by atoms with Crippen LogP contribution in [0.3, 0.4) is 0 Å². The van der Waals surface area contributed by atoms with Crippen LogP contribution in [-0.4, -0.2) is 42.0 Å². The van der Waals surface area contributed by atoms with Gasteiger partial charge in [0.05, 0.1) is 11.6 Å². The first-order chi connectivity index (χ1) is 10.3. The highest BCUT2D eigenvalue weighted by atomic mass is 16.2. The Morgan fingerprint density at radius 1 is 1.24 bits per heavy atom. The maximum absolute atomic E-state index is 12.4. The van der Waals surface area contributed by atoms with Crippen molar-refractivity contribution in [2.45, 2.75) is 25.7 Å². The summed E-state index contributed by atoms with van der Waals surface area (Å²) in [6.45, 7) is 3.10. The largest absolute Gasteiger partial charge is 0.353 e. The van der Waals surface area contributed by atoms with Crippen molar-refractivity contribution >= 4 is 11.7 Å². The summed E-state index contributed by atoms with van der Waals surface area (Å²) in [5, 5.41) is 8.95. The van der Waals surface area contributed by atoms with E-state index in [1.165, 1.54) is 12.8 Å². The summed E-state index contributed by atoms with van der Waals surface area (Å²) in [5.41, 5.74) is 0.629. The summed E-state index contributed by atoms with van der Waals surface area (Å²) in [6, 6.07) is 5.66. The predicted molar refractivity (Wildman–Crippen MR) is 79.7 cm³/mol. The number of hydrogen-bond donors (Lipinski definition) is 0. The van der Waals surface area contributed by atoms with Gasteiger partial charge in [-0.3, -0.25) is 4.79 Å². The summed E-state index contributed by atoms with van der Waals surface area (Å²) in [5.74, 6) is 1.43. The van der Waals surface area contributed by atoms with Crippen LogP contribution in [0.5, 0.6) is 0 Å². The summed E-state index contributed by atoms with van der Waals surface area (Å²) in [4.78, 5) is 20.9. The molecule has 1 aromatic rings. The molecule has 1 amide bonds. The van der Waals surface area contributed by atoms with Gasteiger partial charge in [0.25, 0.3) is 0 Å². The van der Waals surface area contributed by atoms with E-state index in [1.807, 2.05) is 11.0 Å². The number of pyridine rings is 1. The minimum Gasteiger partial charge on any atom is -0.353 e. The molecule has 0 radical (unpaired) electrons. The van der Waals surface area contributed by atoms with Gasteiger partial charge in [-0.15, -0.1) is 0 Å². The van der Waals surface area contributed by atoms with E-state index in [9.17, 15) is 4.79 Å². The zero-order valence-corrected chi connectivity index (χ0v) is 12.2.